The first-order valence-corrected chi connectivity index (χ1v) is 9.23. The molecule has 0 aliphatic carbocycles. The molecule has 1 aromatic heterocycles. The van der Waals surface area contributed by atoms with E-state index >= 15 is 0 Å². The molecule has 0 bridgehead atoms. The molecule has 0 spiro atoms. The van der Waals surface area contributed by atoms with Crippen LogP contribution in [-0.2, 0) is 0 Å². The molecule has 0 radical (unpaired) electrons. The summed E-state index contributed by atoms with van der Waals surface area (Å²) in [6.45, 7) is -2.95. The van der Waals surface area contributed by atoms with Gasteiger partial charge in [0.15, 0.2) is 0 Å². The highest BCUT2D eigenvalue weighted by Crippen LogP contribution is 2.34. The van der Waals surface area contributed by atoms with Gasteiger partial charge in [0.2, 0.25) is 0 Å². The summed E-state index contributed by atoms with van der Waals surface area (Å²) in [6.07, 6.45) is 0. The van der Waals surface area contributed by atoms with E-state index in [0.717, 1.165) is 20.8 Å². The molecule has 28 heavy (non-hydrogen) atoms. The number of anilines is 1. The van der Waals surface area contributed by atoms with E-state index in [4.69, 9.17) is 0 Å². The summed E-state index contributed by atoms with van der Waals surface area (Å²) in [5.41, 5.74) is 2.49. The molecule has 4 aromatic rings. The summed E-state index contributed by atoms with van der Waals surface area (Å²) in [5.74, 6) is -0.490. The number of hydrogen-bond acceptors (Lipinski definition) is 4. The second kappa shape index (κ2) is 7.74. The number of ether oxygens (including phenoxy) is 1. The van der Waals surface area contributed by atoms with Gasteiger partial charge >= 0.3 is 6.61 Å². The van der Waals surface area contributed by atoms with Crippen molar-refractivity contribution in [3.05, 3.63) is 78.4 Å². The van der Waals surface area contributed by atoms with Gasteiger partial charge < -0.3 is 10.1 Å². The van der Waals surface area contributed by atoms with Gasteiger partial charge in [0.05, 0.1) is 15.9 Å². The van der Waals surface area contributed by atoms with Gasteiger partial charge in [-0.25, -0.2) is 4.98 Å². The minimum Gasteiger partial charge on any atom is -0.435 e. The molecule has 1 heterocycles. The van der Waals surface area contributed by atoms with Crippen LogP contribution in [0.1, 0.15) is 10.4 Å². The first-order chi connectivity index (χ1) is 13.6. The molecule has 0 aliphatic heterocycles. The smallest absolute Gasteiger partial charge is 0.387 e. The molecule has 140 valence electrons. The van der Waals surface area contributed by atoms with Crippen LogP contribution in [0.4, 0.5) is 14.5 Å². The molecule has 0 saturated heterocycles. The lowest BCUT2D eigenvalue weighted by Crippen LogP contribution is -2.13. The lowest BCUT2D eigenvalue weighted by molar-refractivity contribution is -0.0498. The van der Waals surface area contributed by atoms with Crippen LogP contribution in [0.3, 0.4) is 0 Å². The van der Waals surface area contributed by atoms with Crippen molar-refractivity contribution in [1.82, 2.24) is 4.98 Å². The lowest BCUT2D eigenvalue weighted by Gasteiger charge is -2.10. The average molecular weight is 396 g/mol. The predicted molar refractivity (Wildman–Crippen MR) is 106 cm³/mol. The normalized spacial score (nSPS) is 11.0. The van der Waals surface area contributed by atoms with Crippen LogP contribution in [0, 0.1) is 0 Å². The van der Waals surface area contributed by atoms with Crippen molar-refractivity contribution < 1.29 is 18.3 Å². The van der Waals surface area contributed by atoms with Crippen LogP contribution in [0.2, 0.25) is 0 Å². The Balaban J connectivity index is 1.63. The summed E-state index contributed by atoms with van der Waals surface area (Å²) in [5, 5.41) is 3.62. The van der Waals surface area contributed by atoms with E-state index in [-0.39, 0.29) is 11.3 Å². The largest absolute Gasteiger partial charge is 0.435 e. The third-order valence-corrected chi connectivity index (χ3v) is 5.09. The number of nitrogens with one attached hydrogen (secondary N) is 1. The number of amides is 1. The van der Waals surface area contributed by atoms with Crippen molar-refractivity contribution in [2.24, 2.45) is 0 Å². The maximum absolute atomic E-state index is 12.6. The van der Waals surface area contributed by atoms with Crippen LogP contribution >= 0.6 is 11.3 Å². The fourth-order valence-corrected chi connectivity index (χ4v) is 3.78. The van der Waals surface area contributed by atoms with Gasteiger partial charge in [-0.2, -0.15) is 8.78 Å². The predicted octanol–water partition coefficient (Wildman–Crippen LogP) is 5.82. The molecule has 0 aliphatic rings. The van der Waals surface area contributed by atoms with Crippen LogP contribution in [0.5, 0.6) is 5.75 Å². The fourth-order valence-electron chi connectivity index (χ4n) is 2.77. The number of fused-ring (bicyclic) bond motifs is 1. The van der Waals surface area contributed by atoms with Crippen molar-refractivity contribution in [2.75, 3.05) is 5.32 Å². The zero-order valence-corrected chi connectivity index (χ0v) is 15.2. The quantitative estimate of drug-likeness (QED) is 0.463. The number of alkyl halides is 2. The maximum Gasteiger partial charge on any atom is 0.387 e. The number of nitrogens with zero attached hydrogens (tertiary/aromatic N) is 1. The Morgan fingerprint density at radius 1 is 1.00 bits per heavy atom. The lowest BCUT2D eigenvalue weighted by atomic mass is 10.1. The van der Waals surface area contributed by atoms with Crippen LogP contribution in [0.25, 0.3) is 20.8 Å². The van der Waals surface area contributed by atoms with Gasteiger partial charge in [-0.15, -0.1) is 11.3 Å². The highest BCUT2D eigenvalue weighted by atomic mass is 32.1. The van der Waals surface area contributed by atoms with Crippen molar-refractivity contribution in [1.29, 1.82) is 0 Å². The van der Waals surface area contributed by atoms with Crippen LogP contribution < -0.4 is 10.1 Å². The van der Waals surface area contributed by atoms with Gasteiger partial charge in [-0.05, 0) is 42.5 Å². The molecule has 0 fully saturated rings. The maximum atomic E-state index is 12.6. The minimum absolute atomic E-state index is 0.0675. The number of benzene rings is 3. The van der Waals surface area contributed by atoms with Crippen molar-refractivity contribution in [3.63, 3.8) is 0 Å². The number of carbonyl (C=O) groups is 1. The van der Waals surface area contributed by atoms with Gasteiger partial charge in [0.25, 0.3) is 5.91 Å². The van der Waals surface area contributed by atoms with E-state index in [2.05, 4.69) is 15.0 Å². The SMILES string of the molecule is O=C(Nc1ccccc1-c1nc2ccccc2s1)c1cccc(OC(F)F)c1. The Kier molecular flexibility index (Phi) is 4.99. The Morgan fingerprint density at radius 2 is 1.79 bits per heavy atom. The highest BCUT2D eigenvalue weighted by molar-refractivity contribution is 7.21. The van der Waals surface area contributed by atoms with E-state index in [1.165, 1.54) is 35.6 Å². The zero-order valence-electron chi connectivity index (χ0n) is 14.4. The number of carbonyl (C=O) groups excluding carboxylic acids is 1. The standard InChI is InChI=1S/C21H14F2N2O2S/c22-21(23)27-14-7-5-6-13(12-14)19(26)24-16-9-2-1-8-15(16)20-25-17-10-3-4-11-18(17)28-20/h1-12,21H,(H,24,26). The summed E-state index contributed by atoms with van der Waals surface area (Å²) >= 11 is 1.53. The summed E-state index contributed by atoms with van der Waals surface area (Å²) in [7, 11) is 0. The van der Waals surface area contributed by atoms with Crippen molar-refractivity contribution in [2.45, 2.75) is 6.61 Å². The number of halogens is 2. The molecule has 1 amide bonds. The number of para-hydroxylation sites is 2. The molecular weight excluding hydrogens is 382 g/mol. The first-order valence-electron chi connectivity index (χ1n) is 8.41. The molecule has 0 unspecified atom stereocenters. The molecule has 4 nitrogen and oxygen atoms in total. The van der Waals surface area contributed by atoms with Crippen LogP contribution in [-0.4, -0.2) is 17.5 Å². The number of aromatic nitrogens is 1. The molecule has 7 heteroatoms. The number of rotatable bonds is 5. The third-order valence-electron chi connectivity index (χ3n) is 4.02. The van der Waals surface area contributed by atoms with E-state index in [1.54, 1.807) is 6.07 Å². The molecule has 3 aromatic carbocycles. The minimum atomic E-state index is -2.95. The van der Waals surface area contributed by atoms with E-state index in [9.17, 15) is 13.6 Å². The number of thiazole rings is 1. The Hall–Kier alpha value is -3.32. The second-order valence-corrected chi connectivity index (χ2v) is 6.92. The molecular formula is C21H14F2N2O2S. The highest BCUT2D eigenvalue weighted by Gasteiger charge is 2.14. The average Bonchev–Trinajstić information content (AvgIpc) is 3.12. The van der Waals surface area contributed by atoms with Crippen LogP contribution in [0.15, 0.2) is 72.8 Å². The Labute approximate surface area is 163 Å². The van der Waals surface area contributed by atoms with Gasteiger partial charge in [-0.3, -0.25) is 4.79 Å². The summed E-state index contributed by atoms with van der Waals surface area (Å²) < 4.78 is 30.2. The van der Waals surface area contributed by atoms with E-state index in [0.29, 0.717) is 5.69 Å². The third kappa shape index (κ3) is 3.84. The molecule has 4 rings (SSSR count). The second-order valence-electron chi connectivity index (χ2n) is 5.89. The first kappa shape index (κ1) is 18.1. The van der Waals surface area contributed by atoms with Crippen molar-refractivity contribution in [3.8, 4) is 16.3 Å². The van der Waals surface area contributed by atoms with Gasteiger partial charge in [-0.1, -0.05) is 30.3 Å². The summed E-state index contributed by atoms with van der Waals surface area (Å²) in [4.78, 5) is 17.3. The monoisotopic (exact) mass is 396 g/mol. The Morgan fingerprint density at radius 3 is 2.61 bits per heavy atom. The number of hydrogen-bond donors (Lipinski definition) is 1. The topological polar surface area (TPSA) is 51.2 Å². The molecule has 0 atom stereocenters. The van der Waals surface area contributed by atoms with Gasteiger partial charge in [0, 0.05) is 11.1 Å². The Bertz CT molecular complexity index is 1110. The zero-order chi connectivity index (χ0) is 19.5. The summed E-state index contributed by atoms with van der Waals surface area (Å²) in [6, 6.07) is 20.8. The van der Waals surface area contributed by atoms with Gasteiger partial charge in [0.1, 0.15) is 10.8 Å². The van der Waals surface area contributed by atoms with E-state index < -0.39 is 12.5 Å². The van der Waals surface area contributed by atoms with E-state index in [1.807, 2.05) is 42.5 Å². The van der Waals surface area contributed by atoms with Crippen molar-refractivity contribution >= 4 is 33.1 Å². The molecule has 0 saturated carbocycles. The fraction of sp³-hybridized carbons (Fsp3) is 0.0476. The molecule has 1 N–H and O–H groups in total.